The lowest BCUT2D eigenvalue weighted by atomic mass is 10.0. The first-order valence-corrected chi connectivity index (χ1v) is 12.5. The molecule has 4 rings (SSSR count). The molecule has 2 aliphatic heterocycles. The van der Waals surface area contributed by atoms with E-state index in [4.69, 9.17) is 16.3 Å². The number of morpholine rings is 1. The second-order valence-corrected chi connectivity index (χ2v) is 10.7. The van der Waals surface area contributed by atoms with E-state index in [1.807, 2.05) is 13.8 Å². The van der Waals surface area contributed by atoms with Crippen LogP contribution in [0.25, 0.3) is 0 Å². The monoisotopic (exact) mass is 480 g/mol. The molecule has 2 aliphatic rings. The molecule has 3 atom stereocenters. The van der Waals surface area contributed by atoms with Gasteiger partial charge in [-0.25, -0.2) is 12.8 Å². The van der Waals surface area contributed by atoms with E-state index in [-0.39, 0.29) is 58.5 Å². The molecular weight excluding hydrogens is 455 g/mol. The van der Waals surface area contributed by atoms with Gasteiger partial charge in [-0.1, -0.05) is 23.7 Å². The molecule has 2 aromatic rings. The molecule has 2 saturated heterocycles. The topological polar surface area (TPSA) is 66.9 Å². The van der Waals surface area contributed by atoms with Crippen molar-refractivity contribution in [3.05, 3.63) is 64.4 Å². The molecule has 1 amide bonds. The summed E-state index contributed by atoms with van der Waals surface area (Å²) in [6, 6.07) is 10.3. The Morgan fingerprint density at radius 3 is 2.41 bits per heavy atom. The molecule has 0 aliphatic carbocycles. The minimum absolute atomic E-state index is 0.0739. The highest BCUT2D eigenvalue weighted by Crippen LogP contribution is 2.34. The average Bonchev–Trinajstić information content (AvgIpc) is 3.23. The summed E-state index contributed by atoms with van der Waals surface area (Å²) >= 11 is 6.28. The van der Waals surface area contributed by atoms with Crippen LogP contribution in [-0.4, -0.2) is 55.4 Å². The largest absolute Gasteiger partial charge is 0.373 e. The van der Waals surface area contributed by atoms with E-state index in [1.54, 1.807) is 23.1 Å². The van der Waals surface area contributed by atoms with Gasteiger partial charge in [0.05, 0.1) is 23.3 Å². The van der Waals surface area contributed by atoms with E-state index < -0.39 is 10.0 Å². The fraction of sp³-hybridized carbons (Fsp3) is 0.435. The number of rotatable bonds is 4. The molecule has 0 radical (unpaired) electrons. The summed E-state index contributed by atoms with van der Waals surface area (Å²) in [6.45, 7) is 4.63. The summed E-state index contributed by atoms with van der Waals surface area (Å²) in [7, 11) is -3.90. The van der Waals surface area contributed by atoms with Crippen molar-refractivity contribution in [3.8, 4) is 0 Å². The van der Waals surface area contributed by atoms with Gasteiger partial charge in [-0.3, -0.25) is 4.79 Å². The van der Waals surface area contributed by atoms with Crippen molar-refractivity contribution in [2.75, 3.05) is 19.6 Å². The summed E-state index contributed by atoms with van der Waals surface area (Å²) in [5, 5.41) is 0.0739. The number of hydrogen-bond acceptors (Lipinski definition) is 4. The smallest absolute Gasteiger partial charge is 0.254 e. The number of likely N-dealkylation sites (tertiary alicyclic amines) is 1. The highest BCUT2D eigenvalue weighted by molar-refractivity contribution is 7.89. The number of benzene rings is 2. The molecule has 0 saturated carbocycles. The van der Waals surface area contributed by atoms with Gasteiger partial charge in [-0.05, 0) is 62.6 Å². The third-order valence-electron chi connectivity index (χ3n) is 5.95. The Kier molecular flexibility index (Phi) is 6.58. The lowest BCUT2D eigenvalue weighted by molar-refractivity contribution is -0.0440. The summed E-state index contributed by atoms with van der Waals surface area (Å²) < 4.78 is 47.0. The van der Waals surface area contributed by atoms with Crippen LogP contribution in [-0.2, 0) is 14.8 Å². The van der Waals surface area contributed by atoms with Crippen LogP contribution in [0.1, 0.15) is 48.7 Å². The maximum absolute atomic E-state index is 13.3. The number of amides is 1. The molecule has 2 fully saturated rings. The molecule has 2 aromatic carbocycles. The van der Waals surface area contributed by atoms with Crippen LogP contribution in [0.5, 0.6) is 0 Å². The quantitative estimate of drug-likeness (QED) is 0.656. The van der Waals surface area contributed by atoms with Gasteiger partial charge in [0.15, 0.2) is 0 Å². The first-order valence-electron chi connectivity index (χ1n) is 10.7. The van der Waals surface area contributed by atoms with Crippen LogP contribution in [0, 0.1) is 5.82 Å². The minimum atomic E-state index is -3.90. The molecule has 32 heavy (non-hydrogen) atoms. The van der Waals surface area contributed by atoms with Gasteiger partial charge < -0.3 is 9.64 Å². The van der Waals surface area contributed by atoms with Crippen molar-refractivity contribution in [2.45, 2.75) is 49.8 Å². The van der Waals surface area contributed by atoms with Crippen LogP contribution in [0.3, 0.4) is 0 Å². The molecule has 0 N–H and O–H groups in total. The second kappa shape index (κ2) is 9.09. The Balaban J connectivity index is 1.63. The molecule has 0 spiro atoms. The number of ether oxygens (including phenoxy) is 1. The minimum Gasteiger partial charge on any atom is -0.373 e. The third kappa shape index (κ3) is 4.55. The normalized spacial score (nSPS) is 24.6. The fourth-order valence-corrected chi connectivity index (χ4v) is 6.60. The Morgan fingerprint density at radius 2 is 1.75 bits per heavy atom. The molecule has 172 valence electrons. The summed E-state index contributed by atoms with van der Waals surface area (Å²) in [6.07, 6.45) is 1.10. The Bertz CT molecular complexity index is 1100. The van der Waals surface area contributed by atoms with E-state index in [0.29, 0.717) is 6.54 Å². The van der Waals surface area contributed by atoms with E-state index in [2.05, 4.69) is 0 Å². The third-order valence-corrected chi connectivity index (χ3v) is 8.26. The van der Waals surface area contributed by atoms with E-state index >= 15 is 0 Å². The van der Waals surface area contributed by atoms with E-state index in [1.165, 1.54) is 28.6 Å². The molecule has 0 unspecified atom stereocenters. The zero-order chi connectivity index (χ0) is 23.0. The number of sulfonamides is 1. The van der Waals surface area contributed by atoms with Crippen LogP contribution in [0.15, 0.2) is 47.4 Å². The van der Waals surface area contributed by atoms with Crippen molar-refractivity contribution in [1.82, 2.24) is 9.21 Å². The van der Waals surface area contributed by atoms with Crippen molar-refractivity contribution < 1.29 is 22.3 Å². The van der Waals surface area contributed by atoms with Gasteiger partial charge >= 0.3 is 0 Å². The van der Waals surface area contributed by atoms with Gasteiger partial charge in [0, 0.05) is 25.2 Å². The van der Waals surface area contributed by atoms with Crippen molar-refractivity contribution in [3.63, 3.8) is 0 Å². The standard InChI is InChI=1S/C23H26ClFN2O4S/c1-15-13-26(14-16(2)31-15)32(29,30)22-12-18(7-10-20(22)24)23(28)27-11-3-4-21(27)17-5-8-19(25)9-6-17/h5-10,12,15-16,21H,3-4,11,13-14H2,1-2H3/t15-,16-,21+/m1/s1. The maximum Gasteiger partial charge on any atom is 0.254 e. The van der Waals surface area contributed by atoms with Gasteiger partial charge in [-0.15, -0.1) is 0 Å². The van der Waals surface area contributed by atoms with Crippen LogP contribution < -0.4 is 0 Å². The second-order valence-electron chi connectivity index (χ2n) is 8.43. The number of carbonyl (C=O) groups is 1. The lowest BCUT2D eigenvalue weighted by Crippen LogP contribution is -2.48. The molecule has 9 heteroatoms. The first kappa shape index (κ1) is 23.2. The first-order chi connectivity index (χ1) is 15.2. The molecule has 2 heterocycles. The van der Waals surface area contributed by atoms with Crippen LogP contribution >= 0.6 is 11.6 Å². The highest BCUT2D eigenvalue weighted by Gasteiger charge is 2.35. The fourth-order valence-electron chi connectivity index (χ4n) is 4.51. The summed E-state index contributed by atoms with van der Waals surface area (Å²) in [5.41, 5.74) is 1.12. The van der Waals surface area contributed by atoms with Gasteiger partial charge in [0.25, 0.3) is 5.91 Å². The number of nitrogens with zero attached hydrogens (tertiary/aromatic N) is 2. The van der Waals surface area contributed by atoms with Crippen LogP contribution in [0.4, 0.5) is 4.39 Å². The zero-order valence-corrected chi connectivity index (χ0v) is 19.6. The molecule has 6 nitrogen and oxygen atoms in total. The SMILES string of the molecule is C[C@@H]1CN(S(=O)(=O)c2cc(C(=O)N3CCC[C@H]3c3ccc(F)cc3)ccc2Cl)C[C@@H](C)O1. The van der Waals surface area contributed by atoms with Gasteiger partial charge in [-0.2, -0.15) is 4.31 Å². The van der Waals surface area contributed by atoms with Crippen molar-refractivity contribution in [2.24, 2.45) is 0 Å². The van der Waals surface area contributed by atoms with Crippen molar-refractivity contribution in [1.29, 1.82) is 0 Å². The number of carbonyl (C=O) groups excluding carboxylic acids is 1. The number of halogens is 2. The Labute approximate surface area is 193 Å². The number of hydrogen-bond donors (Lipinski definition) is 0. The van der Waals surface area contributed by atoms with Gasteiger partial charge in [0.1, 0.15) is 10.7 Å². The van der Waals surface area contributed by atoms with Gasteiger partial charge in [0.2, 0.25) is 10.0 Å². The van der Waals surface area contributed by atoms with Crippen LogP contribution in [0.2, 0.25) is 5.02 Å². The average molecular weight is 481 g/mol. The highest BCUT2D eigenvalue weighted by atomic mass is 35.5. The lowest BCUT2D eigenvalue weighted by Gasteiger charge is -2.34. The Morgan fingerprint density at radius 1 is 1.09 bits per heavy atom. The summed E-state index contributed by atoms with van der Waals surface area (Å²) in [5.74, 6) is -0.599. The van der Waals surface area contributed by atoms with Crippen molar-refractivity contribution >= 4 is 27.5 Å². The Hall–Kier alpha value is -2.00. The van der Waals surface area contributed by atoms with E-state index in [9.17, 15) is 17.6 Å². The van der Waals surface area contributed by atoms with E-state index in [0.717, 1.165) is 18.4 Å². The predicted octanol–water partition coefficient (Wildman–Crippen LogP) is 4.25. The summed E-state index contributed by atoms with van der Waals surface area (Å²) in [4.78, 5) is 15.0. The molecule has 0 bridgehead atoms. The zero-order valence-electron chi connectivity index (χ0n) is 18.0. The maximum atomic E-state index is 13.3. The molecule has 0 aromatic heterocycles. The predicted molar refractivity (Wildman–Crippen MR) is 120 cm³/mol. The molecular formula is C23H26ClFN2O4S.